The third-order valence-electron chi connectivity index (χ3n) is 7.37. The number of sulfonamides is 1. The van der Waals surface area contributed by atoms with Crippen molar-refractivity contribution in [2.24, 2.45) is 0 Å². The maximum atomic E-state index is 13.3. The van der Waals surface area contributed by atoms with E-state index in [4.69, 9.17) is 4.98 Å². The maximum Gasteiger partial charge on any atom is 0.212 e. The molecule has 1 heterocycles. The number of aromatic nitrogens is 2. The Hall–Kier alpha value is -4.07. The van der Waals surface area contributed by atoms with Crippen LogP contribution in [0, 0.1) is 12.7 Å². The molecule has 209 valence electrons. The second kappa shape index (κ2) is 12.6. The van der Waals surface area contributed by atoms with E-state index in [2.05, 4.69) is 53.0 Å². The van der Waals surface area contributed by atoms with Crippen molar-refractivity contribution in [3.63, 3.8) is 0 Å². The molecule has 5 nitrogen and oxygen atoms in total. The standard InChI is InChI=1S/C34H33FN3O2S/c1-2-12-27(25-41(39,40)37-23-26-19-21-31(35)22-20-26)32-24-36-33(38-32)34(28-13-6-3-7-14-28,29-15-8-4-9-16-29)30-17-10-5-11-18-30/h3-11,13-22,24,27,37H,1-2,12,23,25H2,(H,36,38). The number of aromatic amines is 1. The van der Waals surface area contributed by atoms with Crippen LogP contribution in [0.4, 0.5) is 4.39 Å². The van der Waals surface area contributed by atoms with Gasteiger partial charge in [0.1, 0.15) is 17.1 Å². The molecule has 2 N–H and O–H groups in total. The Morgan fingerprint density at radius 1 is 0.805 bits per heavy atom. The topological polar surface area (TPSA) is 74.8 Å². The van der Waals surface area contributed by atoms with Gasteiger partial charge in [0, 0.05) is 18.7 Å². The average molecular weight is 567 g/mol. The van der Waals surface area contributed by atoms with Gasteiger partial charge >= 0.3 is 0 Å². The molecule has 1 aromatic heterocycles. The molecule has 41 heavy (non-hydrogen) atoms. The second-order valence-corrected chi connectivity index (χ2v) is 11.9. The van der Waals surface area contributed by atoms with Crippen LogP contribution in [0.5, 0.6) is 0 Å². The fourth-order valence-corrected chi connectivity index (χ4v) is 6.77. The predicted molar refractivity (Wildman–Crippen MR) is 161 cm³/mol. The van der Waals surface area contributed by atoms with Crippen LogP contribution in [0.2, 0.25) is 0 Å². The van der Waals surface area contributed by atoms with Crippen LogP contribution in [0.3, 0.4) is 0 Å². The normalized spacial score (nSPS) is 12.7. The summed E-state index contributed by atoms with van der Waals surface area (Å²) in [6.07, 6.45) is 2.94. The number of benzene rings is 4. The molecule has 0 aliphatic carbocycles. The molecule has 4 aromatic carbocycles. The molecule has 0 amide bonds. The van der Waals surface area contributed by atoms with E-state index in [1.807, 2.05) is 60.8 Å². The highest BCUT2D eigenvalue weighted by Gasteiger charge is 2.41. The lowest BCUT2D eigenvalue weighted by molar-refractivity contribution is 0.564. The summed E-state index contributed by atoms with van der Waals surface area (Å²) in [6.45, 7) is 4.08. The summed E-state index contributed by atoms with van der Waals surface area (Å²) in [5, 5.41) is 0. The van der Waals surface area contributed by atoms with Crippen molar-refractivity contribution in [3.05, 3.63) is 168 Å². The molecule has 1 unspecified atom stereocenters. The van der Waals surface area contributed by atoms with Crippen LogP contribution < -0.4 is 4.72 Å². The summed E-state index contributed by atoms with van der Waals surface area (Å²) in [5.74, 6) is -0.160. The monoisotopic (exact) mass is 566 g/mol. The average Bonchev–Trinajstić information content (AvgIpc) is 3.49. The summed E-state index contributed by atoms with van der Waals surface area (Å²) >= 11 is 0. The third kappa shape index (κ3) is 6.32. The van der Waals surface area contributed by atoms with E-state index in [1.54, 1.807) is 12.1 Å². The Kier molecular flexibility index (Phi) is 8.76. The zero-order chi connectivity index (χ0) is 28.7. The molecule has 7 heteroatoms. The Balaban J connectivity index is 1.53. The number of nitrogens with one attached hydrogen (secondary N) is 2. The van der Waals surface area contributed by atoms with Gasteiger partial charge in [-0.2, -0.15) is 0 Å². The van der Waals surface area contributed by atoms with E-state index < -0.39 is 15.4 Å². The summed E-state index contributed by atoms with van der Waals surface area (Å²) < 4.78 is 42.2. The fourth-order valence-electron chi connectivity index (χ4n) is 5.39. The Labute approximate surface area is 241 Å². The van der Waals surface area contributed by atoms with Gasteiger partial charge in [-0.1, -0.05) is 116 Å². The second-order valence-electron chi connectivity index (χ2n) is 10.1. The van der Waals surface area contributed by atoms with E-state index >= 15 is 0 Å². The van der Waals surface area contributed by atoms with Crippen molar-refractivity contribution in [2.45, 2.75) is 30.7 Å². The highest BCUT2D eigenvalue weighted by molar-refractivity contribution is 7.89. The van der Waals surface area contributed by atoms with Crippen LogP contribution in [0.25, 0.3) is 0 Å². The third-order valence-corrected chi connectivity index (χ3v) is 8.80. The zero-order valence-electron chi connectivity index (χ0n) is 22.7. The van der Waals surface area contributed by atoms with Gasteiger partial charge < -0.3 is 4.98 Å². The first-order valence-corrected chi connectivity index (χ1v) is 15.3. The van der Waals surface area contributed by atoms with Gasteiger partial charge in [0.15, 0.2) is 0 Å². The zero-order valence-corrected chi connectivity index (χ0v) is 23.5. The minimum absolute atomic E-state index is 0.0880. The molecule has 0 saturated carbocycles. The molecule has 0 aliphatic rings. The fraction of sp³-hybridized carbons (Fsp3) is 0.176. The van der Waals surface area contributed by atoms with E-state index in [1.165, 1.54) is 12.1 Å². The Morgan fingerprint density at radius 3 is 1.80 bits per heavy atom. The highest BCUT2D eigenvalue weighted by atomic mass is 32.2. The summed E-state index contributed by atoms with van der Waals surface area (Å²) in [6, 6.07) is 36.4. The van der Waals surface area contributed by atoms with E-state index in [0.29, 0.717) is 29.9 Å². The molecule has 5 rings (SSSR count). The number of hydrogen-bond donors (Lipinski definition) is 2. The Bertz CT molecular complexity index is 1540. The summed E-state index contributed by atoms with van der Waals surface area (Å²) in [7, 11) is -3.67. The summed E-state index contributed by atoms with van der Waals surface area (Å²) in [4.78, 5) is 8.57. The van der Waals surface area contributed by atoms with E-state index in [-0.39, 0.29) is 24.0 Å². The van der Waals surface area contributed by atoms with Crippen LogP contribution in [-0.2, 0) is 22.0 Å². The van der Waals surface area contributed by atoms with Crippen molar-refractivity contribution in [3.8, 4) is 0 Å². The van der Waals surface area contributed by atoms with Crippen molar-refractivity contribution in [1.82, 2.24) is 14.7 Å². The quantitative estimate of drug-likeness (QED) is 0.164. The van der Waals surface area contributed by atoms with Crippen LogP contribution in [0.15, 0.2) is 121 Å². The lowest BCUT2D eigenvalue weighted by Crippen LogP contribution is -2.32. The van der Waals surface area contributed by atoms with Crippen LogP contribution in [-0.4, -0.2) is 24.1 Å². The lowest BCUT2D eigenvalue weighted by Gasteiger charge is -2.34. The SMILES string of the molecule is [CH2]CCC(CS(=O)(=O)NCc1ccc(F)cc1)c1c[nH]c(C(c2ccccc2)(c2ccccc2)c2ccccc2)n1. The van der Waals surface area contributed by atoms with Gasteiger partial charge in [0.05, 0.1) is 11.4 Å². The number of hydrogen-bond acceptors (Lipinski definition) is 3. The number of nitrogens with zero attached hydrogens (tertiary/aromatic N) is 1. The van der Waals surface area contributed by atoms with E-state index in [9.17, 15) is 12.8 Å². The van der Waals surface area contributed by atoms with Crippen LogP contribution >= 0.6 is 0 Å². The first-order valence-electron chi connectivity index (χ1n) is 13.7. The van der Waals surface area contributed by atoms with Gasteiger partial charge in [-0.25, -0.2) is 22.5 Å². The van der Waals surface area contributed by atoms with E-state index in [0.717, 1.165) is 16.7 Å². The van der Waals surface area contributed by atoms with Gasteiger partial charge in [-0.15, -0.1) is 0 Å². The largest absolute Gasteiger partial charge is 0.347 e. The van der Waals surface area contributed by atoms with Gasteiger partial charge in [-0.3, -0.25) is 0 Å². The summed E-state index contributed by atoms with van der Waals surface area (Å²) in [5.41, 5.74) is 3.73. The lowest BCUT2D eigenvalue weighted by atomic mass is 9.69. The van der Waals surface area contributed by atoms with Gasteiger partial charge in [0.2, 0.25) is 10.0 Å². The minimum Gasteiger partial charge on any atom is -0.347 e. The number of halogens is 1. The molecule has 1 radical (unpaired) electrons. The molecular weight excluding hydrogens is 533 g/mol. The van der Waals surface area contributed by atoms with Crippen molar-refractivity contribution < 1.29 is 12.8 Å². The molecule has 1 atom stereocenters. The smallest absolute Gasteiger partial charge is 0.212 e. The highest BCUT2D eigenvalue weighted by Crippen LogP contribution is 2.44. The van der Waals surface area contributed by atoms with Crippen LogP contribution in [0.1, 0.15) is 52.5 Å². The van der Waals surface area contributed by atoms with Crippen molar-refractivity contribution >= 4 is 10.0 Å². The molecule has 0 fully saturated rings. The number of rotatable bonds is 12. The first-order chi connectivity index (χ1) is 19.9. The molecular formula is C34H33FN3O2S. The number of imidazole rings is 1. The molecule has 0 spiro atoms. The van der Waals surface area contributed by atoms with Gasteiger partial charge in [-0.05, 0) is 40.8 Å². The molecule has 0 aliphatic heterocycles. The maximum absolute atomic E-state index is 13.3. The predicted octanol–water partition coefficient (Wildman–Crippen LogP) is 6.75. The van der Waals surface area contributed by atoms with Crippen molar-refractivity contribution in [1.29, 1.82) is 0 Å². The molecule has 0 saturated heterocycles. The Morgan fingerprint density at radius 2 is 1.32 bits per heavy atom. The first kappa shape index (κ1) is 28.5. The minimum atomic E-state index is -3.67. The molecule has 0 bridgehead atoms. The molecule has 5 aromatic rings. The van der Waals surface area contributed by atoms with Crippen molar-refractivity contribution in [2.75, 3.05) is 5.75 Å². The van der Waals surface area contributed by atoms with Gasteiger partial charge in [0.25, 0.3) is 0 Å². The number of H-pyrrole nitrogens is 1.